The highest BCUT2D eigenvalue weighted by Crippen LogP contribution is 2.28. The normalized spacial score (nSPS) is 16.3. The van der Waals surface area contributed by atoms with Crippen LogP contribution in [-0.4, -0.2) is 36.2 Å². The molecular formula is C17H23ClN4O3. The Labute approximate surface area is 152 Å². The van der Waals surface area contributed by atoms with Crippen LogP contribution in [0.2, 0.25) is 0 Å². The van der Waals surface area contributed by atoms with Gasteiger partial charge in [0.1, 0.15) is 11.8 Å². The van der Waals surface area contributed by atoms with Crippen LogP contribution in [0.4, 0.5) is 0 Å². The highest BCUT2D eigenvalue weighted by molar-refractivity contribution is 5.85. The second-order valence-electron chi connectivity index (χ2n) is 6.09. The van der Waals surface area contributed by atoms with E-state index in [4.69, 9.17) is 9.26 Å². The van der Waals surface area contributed by atoms with Crippen LogP contribution < -0.4 is 15.4 Å². The number of nitrogens with one attached hydrogen (secondary N) is 2. The van der Waals surface area contributed by atoms with Crippen LogP contribution in [0.5, 0.6) is 5.75 Å². The van der Waals surface area contributed by atoms with Gasteiger partial charge in [0.05, 0.1) is 12.7 Å². The van der Waals surface area contributed by atoms with Crippen molar-refractivity contribution in [1.29, 1.82) is 0 Å². The van der Waals surface area contributed by atoms with Gasteiger partial charge < -0.3 is 19.9 Å². The maximum absolute atomic E-state index is 12.3. The van der Waals surface area contributed by atoms with Crippen molar-refractivity contribution in [3.8, 4) is 17.1 Å². The molecule has 1 fully saturated rings. The molecule has 2 aromatic rings. The molecule has 0 aliphatic carbocycles. The zero-order chi connectivity index (χ0) is 17.1. The first-order valence-electron chi connectivity index (χ1n) is 8.08. The van der Waals surface area contributed by atoms with Gasteiger partial charge in [0.15, 0.2) is 0 Å². The first-order valence-corrected chi connectivity index (χ1v) is 8.08. The Balaban J connectivity index is 0.00000225. The van der Waals surface area contributed by atoms with Gasteiger partial charge in [-0.2, -0.15) is 4.98 Å². The number of amides is 1. The number of halogens is 1. The van der Waals surface area contributed by atoms with E-state index in [1.807, 2.05) is 38.1 Å². The first kappa shape index (κ1) is 19.2. The van der Waals surface area contributed by atoms with Crippen LogP contribution in [0, 0.1) is 11.8 Å². The summed E-state index contributed by atoms with van der Waals surface area (Å²) in [5.74, 6) is 1.86. The zero-order valence-electron chi connectivity index (χ0n) is 14.5. The molecule has 2 atom stereocenters. The average Bonchev–Trinajstić information content (AvgIpc) is 3.03. The standard InChI is InChI=1S/C17H22N4O3.ClH/c1-10(12-8-18-9-12)16(22)19-11(2)17-20-15(21-24-17)13-6-4-5-7-14(13)23-3;/h4-7,10-12,18H,8-9H2,1-3H3,(H,19,22);1H. The van der Waals surface area contributed by atoms with Gasteiger partial charge in [0, 0.05) is 5.92 Å². The van der Waals surface area contributed by atoms with Crippen molar-refractivity contribution in [2.24, 2.45) is 11.8 Å². The Bertz CT molecular complexity index is 717. The fraction of sp³-hybridized carbons (Fsp3) is 0.471. The van der Waals surface area contributed by atoms with Gasteiger partial charge in [0.25, 0.3) is 0 Å². The Morgan fingerprint density at radius 3 is 2.72 bits per heavy atom. The number of para-hydroxylation sites is 1. The third-order valence-corrected chi connectivity index (χ3v) is 4.45. The molecule has 0 spiro atoms. The predicted octanol–water partition coefficient (Wildman–Crippen LogP) is 2.20. The van der Waals surface area contributed by atoms with Gasteiger partial charge in [-0.25, -0.2) is 0 Å². The summed E-state index contributed by atoms with van der Waals surface area (Å²) < 4.78 is 10.6. The fourth-order valence-electron chi connectivity index (χ4n) is 2.64. The smallest absolute Gasteiger partial charge is 0.249 e. The van der Waals surface area contributed by atoms with Crippen molar-refractivity contribution in [1.82, 2.24) is 20.8 Å². The molecule has 2 unspecified atom stereocenters. The van der Waals surface area contributed by atoms with E-state index >= 15 is 0 Å². The fourth-order valence-corrected chi connectivity index (χ4v) is 2.64. The molecule has 2 N–H and O–H groups in total. The van der Waals surface area contributed by atoms with Crippen molar-refractivity contribution in [2.45, 2.75) is 19.9 Å². The lowest BCUT2D eigenvalue weighted by Crippen LogP contribution is -2.49. The molecule has 0 saturated carbocycles. The molecule has 1 aromatic carbocycles. The van der Waals surface area contributed by atoms with Gasteiger partial charge in [-0.1, -0.05) is 24.2 Å². The Hall–Kier alpha value is -2.12. The van der Waals surface area contributed by atoms with Crippen LogP contribution in [-0.2, 0) is 4.79 Å². The van der Waals surface area contributed by atoms with E-state index < -0.39 is 0 Å². The van der Waals surface area contributed by atoms with Crippen LogP contribution >= 0.6 is 12.4 Å². The summed E-state index contributed by atoms with van der Waals surface area (Å²) in [5, 5.41) is 10.1. The van der Waals surface area contributed by atoms with E-state index in [-0.39, 0.29) is 30.3 Å². The van der Waals surface area contributed by atoms with E-state index in [1.54, 1.807) is 7.11 Å². The summed E-state index contributed by atoms with van der Waals surface area (Å²) in [6.07, 6.45) is 0. The quantitative estimate of drug-likeness (QED) is 0.814. The second-order valence-corrected chi connectivity index (χ2v) is 6.09. The van der Waals surface area contributed by atoms with Gasteiger partial charge in [0.2, 0.25) is 17.6 Å². The minimum atomic E-state index is -0.344. The lowest BCUT2D eigenvalue weighted by atomic mass is 9.88. The van der Waals surface area contributed by atoms with Gasteiger partial charge in [-0.05, 0) is 38.1 Å². The number of carbonyl (C=O) groups excluding carboxylic acids is 1. The number of ether oxygens (including phenoxy) is 1. The van der Waals surface area contributed by atoms with Crippen molar-refractivity contribution < 1.29 is 14.1 Å². The SMILES string of the molecule is COc1ccccc1-c1noc(C(C)NC(=O)C(C)C2CNC2)n1.Cl. The van der Waals surface area contributed by atoms with Crippen molar-refractivity contribution in [3.05, 3.63) is 30.2 Å². The lowest BCUT2D eigenvalue weighted by molar-refractivity contribution is -0.127. The van der Waals surface area contributed by atoms with Crippen molar-refractivity contribution in [2.75, 3.05) is 20.2 Å². The maximum Gasteiger partial charge on any atom is 0.249 e. The molecule has 7 nitrogen and oxygen atoms in total. The number of nitrogens with zero attached hydrogens (tertiary/aromatic N) is 2. The molecule has 8 heteroatoms. The topological polar surface area (TPSA) is 89.3 Å². The van der Waals surface area contributed by atoms with Crippen LogP contribution in [0.25, 0.3) is 11.4 Å². The minimum Gasteiger partial charge on any atom is -0.496 e. The summed E-state index contributed by atoms with van der Waals surface area (Å²) in [6, 6.07) is 7.12. The molecule has 1 aliphatic heterocycles. The van der Waals surface area contributed by atoms with Gasteiger partial charge in [-0.15, -0.1) is 12.4 Å². The highest BCUT2D eigenvalue weighted by atomic mass is 35.5. The number of hydrogen-bond donors (Lipinski definition) is 2. The Kier molecular flexibility index (Phi) is 6.39. The van der Waals surface area contributed by atoms with E-state index in [9.17, 15) is 4.79 Å². The molecule has 1 aromatic heterocycles. The number of aromatic nitrogens is 2. The molecule has 0 bridgehead atoms. The third kappa shape index (κ3) is 4.11. The number of benzene rings is 1. The van der Waals surface area contributed by atoms with Crippen LogP contribution in [0.3, 0.4) is 0 Å². The summed E-state index contributed by atoms with van der Waals surface area (Å²) in [7, 11) is 1.60. The molecule has 3 rings (SSSR count). The maximum atomic E-state index is 12.3. The van der Waals surface area contributed by atoms with E-state index in [0.717, 1.165) is 18.7 Å². The molecule has 25 heavy (non-hydrogen) atoms. The molecular weight excluding hydrogens is 344 g/mol. The first-order chi connectivity index (χ1) is 11.6. The second kappa shape index (κ2) is 8.31. The Morgan fingerprint density at radius 1 is 1.36 bits per heavy atom. The monoisotopic (exact) mass is 366 g/mol. The highest BCUT2D eigenvalue weighted by Gasteiger charge is 2.30. The molecule has 136 valence electrons. The Morgan fingerprint density at radius 2 is 2.08 bits per heavy atom. The van der Waals surface area contributed by atoms with E-state index in [1.165, 1.54) is 0 Å². The summed E-state index contributed by atoms with van der Waals surface area (Å²) in [6.45, 7) is 5.56. The number of carbonyl (C=O) groups is 1. The van der Waals surface area contributed by atoms with Crippen molar-refractivity contribution in [3.63, 3.8) is 0 Å². The molecule has 2 heterocycles. The number of methoxy groups -OCH3 is 1. The molecule has 1 saturated heterocycles. The van der Waals surface area contributed by atoms with E-state index in [2.05, 4.69) is 20.8 Å². The minimum absolute atomic E-state index is 0. The average molecular weight is 367 g/mol. The molecule has 0 radical (unpaired) electrons. The summed E-state index contributed by atoms with van der Waals surface area (Å²) in [5.41, 5.74) is 0.752. The van der Waals surface area contributed by atoms with Crippen LogP contribution in [0.15, 0.2) is 28.8 Å². The van der Waals surface area contributed by atoms with Gasteiger partial charge in [-0.3, -0.25) is 4.79 Å². The molecule has 1 amide bonds. The van der Waals surface area contributed by atoms with Crippen LogP contribution in [0.1, 0.15) is 25.8 Å². The van der Waals surface area contributed by atoms with E-state index in [0.29, 0.717) is 23.4 Å². The zero-order valence-corrected chi connectivity index (χ0v) is 15.3. The predicted molar refractivity (Wildman–Crippen MR) is 95.6 cm³/mol. The summed E-state index contributed by atoms with van der Waals surface area (Å²) >= 11 is 0. The lowest BCUT2D eigenvalue weighted by Gasteiger charge is -2.32. The van der Waals surface area contributed by atoms with Crippen molar-refractivity contribution >= 4 is 18.3 Å². The number of hydrogen-bond acceptors (Lipinski definition) is 6. The molecule has 1 aliphatic rings. The van der Waals surface area contributed by atoms with Gasteiger partial charge >= 0.3 is 0 Å². The number of rotatable bonds is 6. The third-order valence-electron chi connectivity index (χ3n) is 4.45. The summed E-state index contributed by atoms with van der Waals surface area (Å²) in [4.78, 5) is 16.7. The largest absolute Gasteiger partial charge is 0.496 e.